The Labute approximate surface area is 109 Å². The Balaban J connectivity index is 2.12. The molecule has 1 aliphatic carbocycles. The van der Waals surface area contributed by atoms with Gasteiger partial charge in [-0.3, -0.25) is 0 Å². The number of fused-ring (bicyclic) bond motifs is 3. The van der Waals surface area contributed by atoms with Crippen molar-refractivity contribution in [1.29, 1.82) is 0 Å². The summed E-state index contributed by atoms with van der Waals surface area (Å²) in [5, 5.41) is 1.27. The van der Waals surface area contributed by atoms with Gasteiger partial charge in [-0.15, -0.1) is 11.3 Å². The summed E-state index contributed by atoms with van der Waals surface area (Å²) in [7, 11) is 0. The molecule has 1 radical (unpaired) electrons. The van der Waals surface area contributed by atoms with Gasteiger partial charge in [-0.2, -0.15) is 0 Å². The van der Waals surface area contributed by atoms with Gasteiger partial charge in [0.05, 0.1) is 6.26 Å². The van der Waals surface area contributed by atoms with Crippen LogP contribution in [0.4, 0.5) is 0 Å². The lowest BCUT2D eigenvalue weighted by Gasteiger charge is -2.03. The molecule has 0 unspecified atom stereocenters. The first-order chi connectivity index (χ1) is 8.83. The number of hydrogen-bond acceptors (Lipinski definition) is 3. The maximum absolute atomic E-state index is 5.56. The van der Waals surface area contributed by atoms with Gasteiger partial charge >= 0.3 is 0 Å². The third-order valence-electron chi connectivity index (χ3n) is 3.50. The zero-order valence-corrected chi connectivity index (χ0v) is 10.9. The molecule has 3 aromatic heterocycles. The van der Waals surface area contributed by atoms with Crippen molar-refractivity contribution in [3.63, 3.8) is 0 Å². The highest BCUT2D eigenvalue weighted by atomic mass is 32.1. The van der Waals surface area contributed by atoms with Crippen molar-refractivity contribution in [2.75, 3.05) is 0 Å². The van der Waals surface area contributed by atoms with Crippen LogP contribution < -0.4 is 0 Å². The quantitative estimate of drug-likeness (QED) is 0.652. The molecule has 3 heterocycles. The van der Waals surface area contributed by atoms with E-state index in [4.69, 9.17) is 4.42 Å². The average Bonchev–Trinajstić information content (AvgIpc) is 3.03. The first-order valence-electron chi connectivity index (χ1n) is 6.21. The van der Waals surface area contributed by atoms with Crippen LogP contribution in [0.1, 0.15) is 22.6 Å². The van der Waals surface area contributed by atoms with Crippen molar-refractivity contribution in [2.45, 2.75) is 26.2 Å². The van der Waals surface area contributed by atoms with Gasteiger partial charge in [-0.05, 0) is 43.9 Å². The molecule has 0 amide bonds. The predicted octanol–water partition coefficient (Wildman–Crippen LogP) is 4.15. The van der Waals surface area contributed by atoms with E-state index in [1.54, 1.807) is 6.26 Å². The fourth-order valence-corrected chi connectivity index (χ4v) is 4.07. The second-order valence-electron chi connectivity index (χ2n) is 4.71. The zero-order chi connectivity index (χ0) is 12.1. The molecule has 1 aliphatic rings. The Kier molecular flexibility index (Phi) is 2.12. The fourth-order valence-electron chi connectivity index (χ4n) is 2.76. The SMILES string of the molecule is Cc1[c]c(-c2ccco2)c2c3c(sc2n1)CCC3. The summed E-state index contributed by atoms with van der Waals surface area (Å²) in [6.45, 7) is 2.00. The summed E-state index contributed by atoms with van der Waals surface area (Å²) >= 11 is 1.84. The van der Waals surface area contributed by atoms with Crippen LogP contribution in [0.25, 0.3) is 21.5 Å². The van der Waals surface area contributed by atoms with E-state index in [0.29, 0.717) is 0 Å². The largest absolute Gasteiger partial charge is 0.464 e. The van der Waals surface area contributed by atoms with Crippen molar-refractivity contribution < 1.29 is 4.42 Å². The van der Waals surface area contributed by atoms with Crippen molar-refractivity contribution in [3.05, 3.63) is 40.6 Å². The maximum Gasteiger partial charge on any atom is 0.135 e. The minimum Gasteiger partial charge on any atom is -0.464 e. The minimum absolute atomic E-state index is 0.901. The Hall–Kier alpha value is -1.61. The molecule has 3 aromatic rings. The molecule has 0 spiro atoms. The van der Waals surface area contributed by atoms with Crippen LogP contribution in [0.15, 0.2) is 22.8 Å². The number of thiophene rings is 1. The lowest BCUT2D eigenvalue weighted by molar-refractivity contribution is 0.582. The Morgan fingerprint density at radius 2 is 2.33 bits per heavy atom. The lowest BCUT2D eigenvalue weighted by atomic mass is 10.0. The number of furan rings is 1. The topological polar surface area (TPSA) is 26.0 Å². The highest BCUT2D eigenvalue weighted by Crippen LogP contribution is 2.41. The molecule has 0 saturated heterocycles. The van der Waals surface area contributed by atoms with Crippen LogP contribution in [0.3, 0.4) is 0 Å². The van der Waals surface area contributed by atoms with Crippen LogP contribution >= 0.6 is 11.3 Å². The van der Waals surface area contributed by atoms with Gasteiger partial charge < -0.3 is 4.42 Å². The van der Waals surface area contributed by atoms with Gasteiger partial charge in [-0.25, -0.2) is 4.98 Å². The van der Waals surface area contributed by atoms with Gasteiger partial charge in [0.1, 0.15) is 10.6 Å². The molecule has 0 aromatic carbocycles. The molecule has 0 N–H and O–H groups in total. The van der Waals surface area contributed by atoms with E-state index in [-0.39, 0.29) is 0 Å². The predicted molar refractivity (Wildman–Crippen MR) is 72.9 cm³/mol. The highest BCUT2D eigenvalue weighted by Gasteiger charge is 2.22. The minimum atomic E-state index is 0.901. The summed E-state index contributed by atoms with van der Waals surface area (Å²) in [6.07, 6.45) is 5.36. The van der Waals surface area contributed by atoms with Gasteiger partial charge in [-0.1, -0.05) is 0 Å². The maximum atomic E-state index is 5.56. The highest BCUT2D eigenvalue weighted by molar-refractivity contribution is 7.19. The molecule has 89 valence electrons. The molecule has 0 atom stereocenters. The number of nitrogens with zero attached hydrogens (tertiary/aromatic N) is 1. The summed E-state index contributed by atoms with van der Waals surface area (Å²) in [5.74, 6) is 0.901. The first kappa shape index (κ1) is 10.3. The molecule has 0 bridgehead atoms. The number of aryl methyl sites for hydroxylation is 3. The van der Waals surface area contributed by atoms with Gasteiger partial charge in [0.15, 0.2) is 0 Å². The van der Waals surface area contributed by atoms with Crippen molar-refractivity contribution in [2.24, 2.45) is 0 Å². The molecule has 0 saturated carbocycles. The van der Waals surface area contributed by atoms with Crippen molar-refractivity contribution in [1.82, 2.24) is 4.98 Å². The molecule has 0 aliphatic heterocycles. The van der Waals surface area contributed by atoms with E-state index in [9.17, 15) is 0 Å². The smallest absolute Gasteiger partial charge is 0.135 e. The van der Waals surface area contributed by atoms with Crippen molar-refractivity contribution >= 4 is 21.6 Å². The van der Waals surface area contributed by atoms with E-state index < -0.39 is 0 Å². The zero-order valence-electron chi connectivity index (χ0n) is 10.1. The third-order valence-corrected chi connectivity index (χ3v) is 4.68. The van der Waals surface area contributed by atoms with Gasteiger partial charge in [0, 0.05) is 27.6 Å². The normalized spacial score (nSPS) is 14.3. The van der Waals surface area contributed by atoms with E-state index in [1.807, 2.05) is 30.4 Å². The summed E-state index contributed by atoms with van der Waals surface area (Å²) in [4.78, 5) is 7.28. The van der Waals surface area contributed by atoms with Crippen LogP contribution in [0.2, 0.25) is 0 Å². The second-order valence-corrected chi connectivity index (χ2v) is 5.80. The number of aromatic nitrogens is 1. The second kappa shape index (κ2) is 3.69. The number of rotatable bonds is 1. The third kappa shape index (κ3) is 1.37. The summed E-state index contributed by atoms with van der Waals surface area (Å²) in [6, 6.07) is 7.30. The Morgan fingerprint density at radius 3 is 3.17 bits per heavy atom. The Bertz CT molecular complexity index is 725. The van der Waals surface area contributed by atoms with Gasteiger partial charge in [0.2, 0.25) is 0 Å². The van der Waals surface area contributed by atoms with Gasteiger partial charge in [0.25, 0.3) is 0 Å². The molecular formula is C15H12NOS. The van der Waals surface area contributed by atoms with Crippen molar-refractivity contribution in [3.8, 4) is 11.3 Å². The summed E-state index contributed by atoms with van der Waals surface area (Å²) < 4.78 is 5.56. The number of hydrogen-bond donors (Lipinski definition) is 0. The molecule has 18 heavy (non-hydrogen) atoms. The first-order valence-corrected chi connectivity index (χ1v) is 7.02. The molecule has 2 nitrogen and oxygen atoms in total. The standard InChI is InChI=1S/C15H12NOS/c1-9-8-11(12-5-3-7-17-12)14-10-4-2-6-13(10)18-15(14)16-9/h3,5,7H,2,4,6H2,1H3. The number of pyridine rings is 1. The molecule has 0 fully saturated rings. The molecule has 3 heteroatoms. The molecule has 4 rings (SSSR count). The van der Waals surface area contributed by atoms with E-state index in [2.05, 4.69) is 11.1 Å². The van der Waals surface area contributed by atoms with E-state index in [1.165, 1.54) is 35.1 Å². The average molecular weight is 254 g/mol. The lowest BCUT2D eigenvalue weighted by Crippen LogP contribution is -1.87. The fraction of sp³-hybridized carbons (Fsp3) is 0.267. The van der Waals surface area contributed by atoms with Crippen LogP contribution in [-0.4, -0.2) is 4.98 Å². The Morgan fingerprint density at radius 1 is 1.39 bits per heavy atom. The van der Waals surface area contributed by atoms with Crippen LogP contribution in [0, 0.1) is 13.0 Å². The molecular weight excluding hydrogens is 242 g/mol. The van der Waals surface area contributed by atoms with E-state index in [0.717, 1.165) is 21.8 Å². The van der Waals surface area contributed by atoms with Crippen LogP contribution in [-0.2, 0) is 12.8 Å². The monoisotopic (exact) mass is 254 g/mol. The summed E-state index contributed by atoms with van der Waals surface area (Å²) in [5.41, 5.74) is 3.50. The van der Waals surface area contributed by atoms with Crippen LogP contribution in [0.5, 0.6) is 0 Å². The van der Waals surface area contributed by atoms with E-state index >= 15 is 0 Å².